The van der Waals surface area contributed by atoms with Gasteiger partial charge in [0.25, 0.3) is 5.91 Å². The molecule has 0 aliphatic heterocycles. The number of carbonyl (C=O) groups is 1. The smallest absolute Gasteiger partial charge is 0.272 e. The molecule has 3 aromatic carbocycles. The van der Waals surface area contributed by atoms with Crippen LogP contribution in [-0.4, -0.2) is 16.7 Å². The second-order valence-corrected chi connectivity index (χ2v) is 8.13. The second kappa shape index (κ2) is 8.86. The van der Waals surface area contributed by atoms with E-state index >= 15 is 0 Å². The molecule has 0 saturated carbocycles. The predicted molar refractivity (Wildman–Crippen MR) is 126 cm³/mol. The largest absolute Gasteiger partial charge is 0.340 e. The normalized spacial score (nSPS) is 11.3. The van der Waals surface area contributed by atoms with Crippen molar-refractivity contribution in [2.75, 3.05) is 0 Å². The number of fused-ring (bicyclic) bond motifs is 1. The highest BCUT2D eigenvalue weighted by Gasteiger charge is 2.14. The molecule has 0 aliphatic rings. The maximum Gasteiger partial charge on any atom is 0.272 e. The molecule has 0 atom stereocenters. The quantitative estimate of drug-likeness (QED) is 0.269. The topological polar surface area (TPSA) is 46.4 Å². The highest BCUT2D eigenvalue weighted by Crippen LogP contribution is 2.27. The van der Waals surface area contributed by atoms with Crippen LogP contribution in [0.3, 0.4) is 0 Å². The summed E-state index contributed by atoms with van der Waals surface area (Å²) in [5.74, 6) is -0.267. The SMILES string of the molecule is Cc1c(/C=N/NC(=O)c2ccccc2Br)c2ccccc2n1Cc1ccccc1Cl. The van der Waals surface area contributed by atoms with E-state index in [2.05, 4.69) is 43.2 Å². The first kappa shape index (κ1) is 20.4. The van der Waals surface area contributed by atoms with E-state index in [0.29, 0.717) is 12.1 Å². The molecule has 30 heavy (non-hydrogen) atoms. The van der Waals surface area contributed by atoms with Crippen LogP contribution in [0.15, 0.2) is 82.4 Å². The van der Waals surface area contributed by atoms with Gasteiger partial charge in [0, 0.05) is 38.2 Å². The molecule has 4 aromatic rings. The van der Waals surface area contributed by atoms with Crippen LogP contribution in [-0.2, 0) is 6.54 Å². The van der Waals surface area contributed by atoms with Crippen molar-refractivity contribution >= 4 is 50.6 Å². The van der Waals surface area contributed by atoms with Crippen LogP contribution in [0, 0.1) is 6.92 Å². The number of benzene rings is 3. The molecule has 1 N–H and O–H groups in total. The lowest BCUT2D eigenvalue weighted by Gasteiger charge is -2.10. The molecule has 0 unspecified atom stereocenters. The molecule has 4 rings (SSSR count). The Balaban J connectivity index is 1.65. The van der Waals surface area contributed by atoms with Crippen molar-refractivity contribution < 1.29 is 4.79 Å². The molecule has 0 radical (unpaired) electrons. The summed E-state index contributed by atoms with van der Waals surface area (Å²) >= 11 is 9.77. The van der Waals surface area contributed by atoms with Gasteiger partial charge in [-0.2, -0.15) is 5.10 Å². The monoisotopic (exact) mass is 479 g/mol. The number of nitrogens with zero attached hydrogens (tertiary/aromatic N) is 2. The van der Waals surface area contributed by atoms with E-state index in [-0.39, 0.29) is 5.91 Å². The highest BCUT2D eigenvalue weighted by molar-refractivity contribution is 9.10. The number of para-hydroxylation sites is 1. The van der Waals surface area contributed by atoms with Gasteiger partial charge >= 0.3 is 0 Å². The minimum atomic E-state index is -0.267. The molecule has 0 bridgehead atoms. The fourth-order valence-electron chi connectivity index (χ4n) is 3.48. The minimum absolute atomic E-state index is 0.267. The van der Waals surface area contributed by atoms with Crippen molar-refractivity contribution in [1.82, 2.24) is 9.99 Å². The molecule has 150 valence electrons. The Morgan fingerprint density at radius 3 is 2.57 bits per heavy atom. The zero-order chi connectivity index (χ0) is 21.1. The molecule has 0 saturated heterocycles. The Morgan fingerprint density at radius 1 is 1.07 bits per heavy atom. The van der Waals surface area contributed by atoms with Gasteiger partial charge in [-0.1, -0.05) is 60.1 Å². The Labute approximate surface area is 188 Å². The number of halogens is 2. The van der Waals surface area contributed by atoms with Crippen LogP contribution in [0.1, 0.15) is 27.2 Å². The first-order valence-corrected chi connectivity index (χ1v) is 10.6. The van der Waals surface area contributed by atoms with Gasteiger partial charge in [0.05, 0.1) is 11.8 Å². The van der Waals surface area contributed by atoms with Crippen LogP contribution in [0.5, 0.6) is 0 Å². The third-order valence-corrected chi connectivity index (χ3v) is 6.10. The highest BCUT2D eigenvalue weighted by atomic mass is 79.9. The van der Waals surface area contributed by atoms with Crippen molar-refractivity contribution in [3.8, 4) is 0 Å². The maximum atomic E-state index is 12.4. The Hall–Kier alpha value is -2.89. The van der Waals surface area contributed by atoms with Crippen LogP contribution in [0.2, 0.25) is 5.02 Å². The lowest BCUT2D eigenvalue weighted by molar-refractivity contribution is 0.0954. The summed E-state index contributed by atoms with van der Waals surface area (Å²) in [5, 5.41) is 6.03. The van der Waals surface area contributed by atoms with Crippen molar-refractivity contribution in [3.05, 3.63) is 105 Å². The summed E-state index contributed by atoms with van der Waals surface area (Å²) in [6, 6.07) is 23.2. The standard InChI is InChI=1S/C24H19BrClN3O/c1-16-20(14-27-28-24(30)19-10-3-5-11-21(19)25)18-9-4-7-13-23(18)29(16)15-17-8-2-6-12-22(17)26/h2-14H,15H2,1H3,(H,28,30)/b27-14+. The lowest BCUT2D eigenvalue weighted by atomic mass is 10.1. The minimum Gasteiger partial charge on any atom is -0.340 e. The number of nitrogens with one attached hydrogen (secondary N) is 1. The van der Waals surface area contributed by atoms with Gasteiger partial charge in [-0.3, -0.25) is 4.79 Å². The number of hydrogen-bond donors (Lipinski definition) is 1. The molecule has 6 heteroatoms. The van der Waals surface area contributed by atoms with E-state index in [9.17, 15) is 4.79 Å². The number of amides is 1. The molecular formula is C24H19BrClN3O. The first-order chi connectivity index (χ1) is 14.6. The fraction of sp³-hybridized carbons (Fsp3) is 0.0833. The number of hydrazone groups is 1. The van der Waals surface area contributed by atoms with Gasteiger partial charge < -0.3 is 4.57 Å². The van der Waals surface area contributed by atoms with E-state index < -0.39 is 0 Å². The van der Waals surface area contributed by atoms with Gasteiger partial charge in [-0.05, 0) is 52.7 Å². The van der Waals surface area contributed by atoms with Gasteiger partial charge in [0.1, 0.15) is 0 Å². The van der Waals surface area contributed by atoms with E-state index in [0.717, 1.165) is 37.2 Å². The van der Waals surface area contributed by atoms with E-state index in [4.69, 9.17) is 11.6 Å². The summed E-state index contributed by atoms with van der Waals surface area (Å²) in [7, 11) is 0. The van der Waals surface area contributed by atoms with Crippen LogP contribution in [0.4, 0.5) is 0 Å². The average Bonchev–Trinajstić information content (AvgIpc) is 3.01. The summed E-state index contributed by atoms with van der Waals surface area (Å²) in [4.78, 5) is 12.4. The summed E-state index contributed by atoms with van der Waals surface area (Å²) in [6.45, 7) is 2.71. The van der Waals surface area contributed by atoms with Gasteiger partial charge in [-0.15, -0.1) is 0 Å². The van der Waals surface area contributed by atoms with Crippen molar-refractivity contribution in [2.24, 2.45) is 5.10 Å². The first-order valence-electron chi connectivity index (χ1n) is 9.45. The Morgan fingerprint density at radius 2 is 1.77 bits per heavy atom. The van der Waals surface area contributed by atoms with E-state index in [1.807, 2.05) is 61.5 Å². The average molecular weight is 481 g/mol. The van der Waals surface area contributed by atoms with Crippen LogP contribution >= 0.6 is 27.5 Å². The van der Waals surface area contributed by atoms with Gasteiger partial charge in [-0.25, -0.2) is 5.43 Å². The maximum absolute atomic E-state index is 12.4. The van der Waals surface area contributed by atoms with Crippen LogP contribution < -0.4 is 5.43 Å². The molecule has 1 aromatic heterocycles. The number of carbonyl (C=O) groups excluding carboxylic acids is 1. The number of rotatable bonds is 5. The summed E-state index contributed by atoms with van der Waals surface area (Å²) < 4.78 is 2.94. The van der Waals surface area contributed by atoms with Gasteiger partial charge in [0.15, 0.2) is 0 Å². The summed E-state index contributed by atoms with van der Waals surface area (Å²) in [5.41, 5.74) is 7.31. The lowest BCUT2D eigenvalue weighted by Crippen LogP contribution is -2.18. The molecule has 0 spiro atoms. The van der Waals surface area contributed by atoms with E-state index in [1.165, 1.54) is 0 Å². The van der Waals surface area contributed by atoms with Crippen molar-refractivity contribution in [1.29, 1.82) is 0 Å². The Kier molecular flexibility index (Phi) is 6.02. The number of hydrogen-bond acceptors (Lipinski definition) is 2. The summed E-state index contributed by atoms with van der Waals surface area (Å²) in [6.07, 6.45) is 1.70. The third-order valence-electron chi connectivity index (χ3n) is 5.04. The zero-order valence-electron chi connectivity index (χ0n) is 16.3. The molecule has 1 heterocycles. The van der Waals surface area contributed by atoms with Crippen molar-refractivity contribution in [2.45, 2.75) is 13.5 Å². The molecule has 4 nitrogen and oxygen atoms in total. The predicted octanol–water partition coefficient (Wildman–Crippen LogP) is 6.18. The third kappa shape index (κ3) is 4.04. The molecule has 0 fully saturated rings. The second-order valence-electron chi connectivity index (χ2n) is 6.87. The zero-order valence-corrected chi connectivity index (χ0v) is 18.6. The molecular weight excluding hydrogens is 462 g/mol. The van der Waals surface area contributed by atoms with Crippen molar-refractivity contribution in [3.63, 3.8) is 0 Å². The molecule has 0 aliphatic carbocycles. The van der Waals surface area contributed by atoms with Crippen LogP contribution in [0.25, 0.3) is 10.9 Å². The molecule has 1 amide bonds. The van der Waals surface area contributed by atoms with E-state index in [1.54, 1.807) is 12.3 Å². The van der Waals surface area contributed by atoms with Gasteiger partial charge in [0.2, 0.25) is 0 Å². The Bertz CT molecular complexity index is 1260. The fourth-order valence-corrected chi connectivity index (χ4v) is 4.14. The number of aromatic nitrogens is 1.